The Bertz CT molecular complexity index is 748. The highest BCUT2D eigenvalue weighted by Gasteiger charge is 2.13. The van der Waals surface area contributed by atoms with Crippen LogP contribution in [0, 0.1) is 18.6 Å². The van der Waals surface area contributed by atoms with Gasteiger partial charge in [-0.25, -0.2) is 13.5 Å². The van der Waals surface area contributed by atoms with E-state index in [1.807, 2.05) is 43.3 Å². The summed E-state index contributed by atoms with van der Waals surface area (Å²) >= 11 is 0. The molecule has 0 bridgehead atoms. The SMILES string of the molecule is Cc1cc(-c2ccccc2)n(-c2cc(F)ccc2F)n1. The van der Waals surface area contributed by atoms with Gasteiger partial charge in [0.05, 0.1) is 11.4 Å². The average Bonchev–Trinajstić information content (AvgIpc) is 2.84. The fraction of sp³-hybridized carbons (Fsp3) is 0.0625. The summed E-state index contributed by atoms with van der Waals surface area (Å²) in [5, 5.41) is 4.27. The van der Waals surface area contributed by atoms with Crippen molar-refractivity contribution in [2.75, 3.05) is 0 Å². The molecule has 3 rings (SSSR count). The van der Waals surface area contributed by atoms with Crippen LogP contribution in [0.4, 0.5) is 8.78 Å². The highest BCUT2D eigenvalue weighted by atomic mass is 19.1. The molecule has 1 heterocycles. The first-order chi connectivity index (χ1) is 9.65. The van der Waals surface area contributed by atoms with Gasteiger partial charge in [0.15, 0.2) is 0 Å². The zero-order chi connectivity index (χ0) is 14.1. The molecule has 0 atom stereocenters. The molecule has 0 spiro atoms. The number of halogens is 2. The third kappa shape index (κ3) is 2.20. The fourth-order valence-electron chi connectivity index (χ4n) is 2.15. The number of hydrogen-bond acceptors (Lipinski definition) is 1. The molecule has 0 aliphatic heterocycles. The van der Waals surface area contributed by atoms with Crippen LogP contribution in [0.5, 0.6) is 0 Å². The van der Waals surface area contributed by atoms with Crippen molar-refractivity contribution in [3.8, 4) is 16.9 Å². The molecule has 20 heavy (non-hydrogen) atoms. The lowest BCUT2D eigenvalue weighted by atomic mass is 10.1. The van der Waals surface area contributed by atoms with Gasteiger partial charge in [-0.05, 0) is 25.1 Å². The molecule has 1 aromatic heterocycles. The van der Waals surface area contributed by atoms with Crippen LogP contribution >= 0.6 is 0 Å². The Morgan fingerprint density at radius 1 is 0.950 bits per heavy atom. The topological polar surface area (TPSA) is 17.8 Å². The quantitative estimate of drug-likeness (QED) is 0.684. The summed E-state index contributed by atoms with van der Waals surface area (Å²) in [5.74, 6) is -1.000. The van der Waals surface area contributed by atoms with Crippen LogP contribution < -0.4 is 0 Å². The average molecular weight is 270 g/mol. The van der Waals surface area contributed by atoms with E-state index in [9.17, 15) is 8.78 Å². The van der Waals surface area contributed by atoms with E-state index in [1.54, 1.807) is 0 Å². The Morgan fingerprint density at radius 3 is 2.45 bits per heavy atom. The van der Waals surface area contributed by atoms with E-state index < -0.39 is 11.6 Å². The molecule has 0 radical (unpaired) electrons. The van der Waals surface area contributed by atoms with E-state index in [2.05, 4.69) is 5.10 Å². The first kappa shape index (κ1) is 12.5. The molecule has 2 aromatic carbocycles. The number of hydrogen-bond donors (Lipinski definition) is 0. The maximum absolute atomic E-state index is 13.9. The molecule has 3 aromatic rings. The lowest BCUT2D eigenvalue weighted by molar-refractivity contribution is 0.587. The standard InChI is InChI=1S/C16H12F2N2/c1-11-9-15(12-5-3-2-4-6-12)20(19-11)16-10-13(17)7-8-14(16)18/h2-10H,1H3. The van der Waals surface area contributed by atoms with Gasteiger partial charge < -0.3 is 0 Å². The number of aryl methyl sites for hydroxylation is 1. The maximum Gasteiger partial charge on any atom is 0.149 e. The maximum atomic E-state index is 13.9. The van der Waals surface area contributed by atoms with E-state index in [0.29, 0.717) is 0 Å². The smallest absolute Gasteiger partial charge is 0.149 e. The van der Waals surface area contributed by atoms with Crippen molar-refractivity contribution >= 4 is 0 Å². The van der Waals surface area contributed by atoms with Gasteiger partial charge in [0, 0.05) is 11.6 Å². The van der Waals surface area contributed by atoms with Crippen molar-refractivity contribution in [1.29, 1.82) is 0 Å². The van der Waals surface area contributed by atoms with Gasteiger partial charge in [0.2, 0.25) is 0 Å². The van der Waals surface area contributed by atoms with E-state index in [4.69, 9.17) is 0 Å². The third-order valence-corrected chi connectivity index (χ3v) is 3.04. The molecule has 0 aliphatic rings. The van der Waals surface area contributed by atoms with Crippen LogP contribution in [-0.4, -0.2) is 9.78 Å². The van der Waals surface area contributed by atoms with E-state index >= 15 is 0 Å². The molecular weight excluding hydrogens is 258 g/mol. The first-order valence-corrected chi connectivity index (χ1v) is 6.22. The van der Waals surface area contributed by atoms with Gasteiger partial charge in [0.25, 0.3) is 0 Å². The molecule has 0 saturated heterocycles. The van der Waals surface area contributed by atoms with Crippen molar-refractivity contribution in [3.63, 3.8) is 0 Å². The first-order valence-electron chi connectivity index (χ1n) is 6.22. The second kappa shape index (κ2) is 4.89. The van der Waals surface area contributed by atoms with Crippen molar-refractivity contribution in [2.45, 2.75) is 6.92 Å². The predicted octanol–water partition coefficient (Wildman–Crippen LogP) is 4.13. The number of aromatic nitrogens is 2. The fourth-order valence-corrected chi connectivity index (χ4v) is 2.15. The summed E-state index contributed by atoms with van der Waals surface area (Å²) in [4.78, 5) is 0. The summed E-state index contributed by atoms with van der Waals surface area (Å²) in [6.45, 7) is 1.82. The minimum Gasteiger partial charge on any atom is -0.230 e. The van der Waals surface area contributed by atoms with E-state index in [1.165, 1.54) is 4.68 Å². The van der Waals surface area contributed by atoms with E-state index in [0.717, 1.165) is 35.2 Å². The van der Waals surface area contributed by atoms with Crippen molar-refractivity contribution < 1.29 is 8.78 Å². The number of benzene rings is 2. The molecule has 100 valence electrons. The molecule has 0 amide bonds. The lowest BCUT2D eigenvalue weighted by Gasteiger charge is -2.08. The predicted molar refractivity (Wildman–Crippen MR) is 73.7 cm³/mol. The summed E-state index contributed by atoms with van der Waals surface area (Å²) in [5.41, 5.74) is 2.48. The van der Waals surface area contributed by atoms with Gasteiger partial charge >= 0.3 is 0 Å². The molecule has 0 fully saturated rings. The molecular formula is C16H12F2N2. The van der Waals surface area contributed by atoms with E-state index in [-0.39, 0.29) is 5.69 Å². The van der Waals surface area contributed by atoms with Crippen LogP contribution in [0.2, 0.25) is 0 Å². The zero-order valence-corrected chi connectivity index (χ0v) is 10.8. The molecule has 0 N–H and O–H groups in total. The van der Waals surface area contributed by atoms with Crippen LogP contribution in [0.1, 0.15) is 5.69 Å². The second-order valence-corrected chi connectivity index (χ2v) is 4.54. The van der Waals surface area contributed by atoms with Crippen molar-refractivity contribution in [3.05, 3.63) is 71.9 Å². The number of nitrogens with zero attached hydrogens (tertiary/aromatic N) is 2. The second-order valence-electron chi connectivity index (χ2n) is 4.54. The van der Waals surface area contributed by atoms with Crippen molar-refractivity contribution in [2.24, 2.45) is 0 Å². The molecule has 0 saturated carbocycles. The summed E-state index contributed by atoms with van der Waals surface area (Å²) in [6.07, 6.45) is 0. The van der Waals surface area contributed by atoms with Gasteiger partial charge in [-0.2, -0.15) is 5.10 Å². The molecule has 4 heteroatoms. The molecule has 0 aliphatic carbocycles. The van der Waals surface area contributed by atoms with Crippen LogP contribution in [0.15, 0.2) is 54.6 Å². The molecule has 2 nitrogen and oxygen atoms in total. The Hall–Kier alpha value is -2.49. The summed E-state index contributed by atoms with van der Waals surface area (Å²) in [7, 11) is 0. The minimum absolute atomic E-state index is 0.108. The monoisotopic (exact) mass is 270 g/mol. The van der Waals surface area contributed by atoms with Gasteiger partial charge in [-0.15, -0.1) is 0 Å². The summed E-state index contributed by atoms with van der Waals surface area (Å²) in [6, 6.07) is 14.7. The third-order valence-electron chi connectivity index (χ3n) is 3.04. The van der Waals surface area contributed by atoms with Crippen LogP contribution in [0.3, 0.4) is 0 Å². The Morgan fingerprint density at radius 2 is 1.70 bits per heavy atom. The minimum atomic E-state index is -0.508. The van der Waals surface area contributed by atoms with Gasteiger partial charge in [-0.1, -0.05) is 30.3 Å². The molecule has 0 unspecified atom stereocenters. The highest BCUT2D eigenvalue weighted by Crippen LogP contribution is 2.25. The lowest BCUT2D eigenvalue weighted by Crippen LogP contribution is -2.02. The highest BCUT2D eigenvalue weighted by molar-refractivity contribution is 5.62. The van der Waals surface area contributed by atoms with Gasteiger partial charge in [0.1, 0.15) is 17.3 Å². The van der Waals surface area contributed by atoms with Crippen LogP contribution in [0.25, 0.3) is 16.9 Å². The number of rotatable bonds is 2. The van der Waals surface area contributed by atoms with Crippen LogP contribution in [-0.2, 0) is 0 Å². The Labute approximate surface area is 115 Å². The van der Waals surface area contributed by atoms with Gasteiger partial charge in [-0.3, -0.25) is 0 Å². The van der Waals surface area contributed by atoms with Crippen molar-refractivity contribution in [1.82, 2.24) is 9.78 Å². The normalized spacial score (nSPS) is 10.8. The largest absolute Gasteiger partial charge is 0.230 e. The Balaban J connectivity index is 2.22. The Kier molecular flexibility index (Phi) is 3.06. The zero-order valence-electron chi connectivity index (χ0n) is 10.8. The summed E-state index contributed by atoms with van der Waals surface area (Å²) < 4.78 is 28.7.